The predicted octanol–water partition coefficient (Wildman–Crippen LogP) is 2.08. The summed E-state index contributed by atoms with van der Waals surface area (Å²) in [5, 5.41) is 3.51. The zero-order valence-corrected chi connectivity index (χ0v) is 15.9. The minimum Gasteiger partial charge on any atom is -0.497 e. The van der Waals surface area contributed by atoms with Gasteiger partial charge in [-0.1, -0.05) is 23.7 Å². The molecule has 1 amide bonds. The van der Waals surface area contributed by atoms with Gasteiger partial charge in [0.2, 0.25) is 0 Å². The van der Waals surface area contributed by atoms with Crippen LogP contribution in [-0.4, -0.2) is 45.2 Å². The van der Waals surface area contributed by atoms with Crippen LogP contribution in [0.1, 0.15) is 6.92 Å². The highest BCUT2D eigenvalue weighted by molar-refractivity contribution is 6.33. The molecule has 1 aliphatic heterocycles. The van der Waals surface area contributed by atoms with E-state index in [4.69, 9.17) is 16.3 Å². The largest absolute Gasteiger partial charge is 0.497 e. The van der Waals surface area contributed by atoms with Crippen LogP contribution in [0.15, 0.2) is 48.5 Å². The molecule has 0 radical (unpaired) electrons. The minimum absolute atomic E-state index is 0.00555. The molecule has 26 heavy (non-hydrogen) atoms. The number of para-hydroxylation sites is 1. The minimum atomic E-state index is -0.121. The van der Waals surface area contributed by atoms with Gasteiger partial charge in [-0.25, -0.2) is 0 Å². The number of carbonyl (C=O) groups is 1. The number of carbonyl (C=O) groups excluding carboxylic acids is 1. The van der Waals surface area contributed by atoms with Crippen molar-refractivity contribution in [3.63, 3.8) is 0 Å². The lowest BCUT2D eigenvalue weighted by Gasteiger charge is -2.36. The number of halogens is 1. The number of ether oxygens (including phenoxy) is 1. The monoisotopic (exact) mass is 374 g/mol. The van der Waals surface area contributed by atoms with Gasteiger partial charge >= 0.3 is 0 Å². The lowest BCUT2D eigenvalue weighted by molar-refractivity contribution is -0.914. The summed E-state index contributed by atoms with van der Waals surface area (Å²) >= 11 is 6.13. The lowest BCUT2D eigenvalue weighted by atomic mass is 10.2. The second-order valence-corrected chi connectivity index (χ2v) is 6.94. The first kappa shape index (κ1) is 18.5. The molecule has 2 N–H and O–H groups in total. The average molecular weight is 375 g/mol. The lowest BCUT2D eigenvalue weighted by Crippen LogP contribution is -3.19. The summed E-state index contributed by atoms with van der Waals surface area (Å²) < 4.78 is 5.21. The van der Waals surface area contributed by atoms with Crippen LogP contribution in [-0.2, 0) is 4.79 Å². The number of rotatable bonds is 5. The Kier molecular flexibility index (Phi) is 6.01. The molecule has 1 atom stereocenters. The second-order valence-electron chi connectivity index (χ2n) is 6.53. The fourth-order valence-electron chi connectivity index (χ4n) is 3.27. The van der Waals surface area contributed by atoms with Gasteiger partial charge in [0.1, 0.15) is 5.75 Å². The van der Waals surface area contributed by atoms with Crippen LogP contribution in [0.5, 0.6) is 5.75 Å². The number of benzene rings is 2. The van der Waals surface area contributed by atoms with Gasteiger partial charge in [-0.3, -0.25) is 4.79 Å². The van der Waals surface area contributed by atoms with Crippen LogP contribution in [0.2, 0.25) is 5.02 Å². The van der Waals surface area contributed by atoms with E-state index in [1.165, 1.54) is 10.6 Å². The Balaban J connectivity index is 1.55. The second kappa shape index (κ2) is 8.43. The Morgan fingerprint density at radius 2 is 1.81 bits per heavy atom. The molecule has 138 valence electrons. The van der Waals surface area contributed by atoms with E-state index in [0.29, 0.717) is 10.7 Å². The van der Waals surface area contributed by atoms with E-state index in [0.717, 1.165) is 31.9 Å². The van der Waals surface area contributed by atoms with E-state index in [-0.39, 0.29) is 11.9 Å². The number of nitrogens with one attached hydrogen (secondary N) is 2. The molecule has 3 rings (SSSR count). The molecule has 0 saturated carbocycles. The van der Waals surface area contributed by atoms with E-state index in [1.54, 1.807) is 13.2 Å². The molecule has 1 heterocycles. The average Bonchev–Trinajstić information content (AvgIpc) is 2.69. The first-order valence-corrected chi connectivity index (χ1v) is 9.25. The number of methoxy groups -OCH3 is 1. The molecule has 0 unspecified atom stereocenters. The molecule has 1 fully saturated rings. The van der Waals surface area contributed by atoms with E-state index < -0.39 is 0 Å². The Morgan fingerprint density at radius 3 is 2.42 bits per heavy atom. The molecule has 0 bridgehead atoms. The molecular formula is C20H25ClN3O2+. The fourth-order valence-corrected chi connectivity index (χ4v) is 3.45. The standard InChI is InChI=1S/C20H24ClN3O2/c1-15(20(25)22-19-6-4-3-5-18(19)21)23-11-13-24(14-12-23)16-7-9-17(26-2)10-8-16/h3-10,15H,11-14H2,1-2H3,(H,22,25)/p+1/t15-/m1/s1. The summed E-state index contributed by atoms with van der Waals surface area (Å²) in [7, 11) is 1.67. The van der Waals surface area contributed by atoms with Crippen molar-refractivity contribution in [2.24, 2.45) is 0 Å². The number of anilines is 2. The molecule has 1 saturated heterocycles. The molecular weight excluding hydrogens is 350 g/mol. The topological polar surface area (TPSA) is 46.0 Å². The molecule has 6 heteroatoms. The van der Waals surface area contributed by atoms with E-state index >= 15 is 0 Å². The number of piperazine rings is 1. The number of quaternary nitrogens is 1. The quantitative estimate of drug-likeness (QED) is 0.842. The molecule has 0 aliphatic carbocycles. The van der Waals surface area contributed by atoms with Crippen molar-refractivity contribution >= 4 is 28.9 Å². The van der Waals surface area contributed by atoms with Crippen molar-refractivity contribution in [1.82, 2.24) is 0 Å². The van der Waals surface area contributed by atoms with Crippen LogP contribution in [0.25, 0.3) is 0 Å². The highest BCUT2D eigenvalue weighted by atomic mass is 35.5. The summed E-state index contributed by atoms with van der Waals surface area (Å²) in [4.78, 5) is 16.2. The van der Waals surface area contributed by atoms with Crippen LogP contribution >= 0.6 is 11.6 Å². The highest BCUT2D eigenvalue weighted by Gasteiger charge is 2.29. The van der Waals surface area contributed by atoms with Crippen molar-refractivity contribution in [2.45, 2.75) is 13.0 Å². The van der Waals surface area contributed by atoms with Gasteiger partial charge in [0, 0.05) is 5.69 Å². The van der Waals surface area contributed by atoms with Crippen molar-refractivity contribution in [3.8, 4) is 5.75 Å². The maximum absolute atomic E-state index is 12.6. The Labute approximate surface area is 159 Å². The number of hydrogen-bond donors (Lipinski definition) is 2. The van der Waals surface area contributed by atoms with E-state index in [9.17, 15) is 4.79 Å². The van der Waals surface area contributed by atoms with Crippen LogP contribution in [0, 0.1) is 0 Å². The molecule has 0 spiro atoms. The Hall–Kier alpha value is -2.24. The normalized spacial score (nSPS) is 16.2. The summed E-state index contributed by atoms with van der Waals surface area (Å²) in [6.07, 6.45) is 0. The zero-order chi connectivity index (χ0) is 18.5. The number of hydrogen-bond acceptors (Lipinski definition) is 3. The smallest absolute Gasteiger partial charge is 0.282 e. The SMILES string of the molecule is COc1ccc(N2CC[NH+]([C@H](C)C(=O)Nc3ccccc3Cl)CC2)cc1. The maximum Gasteiger partial charge on any atom is 0.282 e. The van der Waals surface area contributed by atoms with Gasteiger partial charge in [0.05, 0.1) is 44.0 Å². The van der Waals surface area contributed by atoms with E-state index in [2.05, 4.69) is 22.3 Å². The summed E-state index contributed by atoms with van der Waals surface area (Å²) in [6.45, 7) is 5.66. The third-order valence-electron chi connectivity index (χ3n) is 4.98. The highest BCUT2D eigenvalue weighted by Crippen LogP contribution is 2.21. The van der Waals surface area contributed by atoms with Gasteiger partial charge in [-0.2, -0.15) is 0 Å². The van der Waals surface area contributed by atoms with Crippen LogP contribution < -0.4 is 19.9 Å². The molecule has 0 aromatic heterocycles. The van der Waals surface area contributed by atoms with Crippen molar-refractivity contribution < 1.29 is 14.4 Å². The van der Waals surface area contributed by atoms with Gasteiger partial charge in [0.25, 0.3) is 5.91 Å². The first-order chi connectivity index (χ1) is 12.6. The van der Waals surface area contributed by atoms with Gasteiger partial charge < -0.3 is 19.9 Å². The summed E-state index contributed by atoms with van der Waals surface area (Å²) in [6, 6.07) is 15.3. The maximum atomic E-state index is 12.6. The first-order valence-electron chi connectivity index (χ1n) is 8.87. The van der Waals surface area contributed by atoms with Crippen LogP contribution in [0.3, 0.4) is 0 Å². The van der Waals surface area contributed by atoms with Crippen molar-refractivity contribution in [3.05, 3.63) is 53.6 Å². The van der Waals surface area contributed by atoms with Crippen molar-refractivity contribution in [1.29, 1.82) is 0 Å². The Bertz CT molecular complexity index is 743. The number of amides is 1. The fraction of sp³-hybridized carbons (Fsp3) is 0.350. The zero-order valence-electron chi connectivity index (χ0n) is 15.2. The third kappa shape index (κ3) is 4.29. The molecule has 2 aromatic carbocycles. The molecule has 1 aliphatic rings. The number of nitrogens with zero attached hydrogens (tertiary/aromatic N) is 1. The van der Waals surface area contributed by atoms with Gasteiger partial charge in [-0.05, 0) is 43.3 Å². The van der Waals surface area contributed by atoms with Crippen LogP contribution in [0.4, 0.5) is 11.4 Å². The van der Waals surface area contributed by atoms with Gasteiger partial charge in [0.15, 0.2) is 6.04 Å². The molecule has 5 nitrogen and oxygen atoms in total. The summed E-state index contributed by atoms with van der Waals surface area (Å²) in [5.74, 6) is 0.869. The molecule has 2 aromatic rings. The Morgan fingerprint density at radius 1 is 1.15 bits per heavy atom. The third-order valence-corrected chi connectivity index (χ3v) is 5.31. The predicted molar refractivity (Wildman–Crippen MR) is 105 cm³/mol. The van der Waals surface area contributed by atoms with Gasteiger partial charge in [-0.15, -0.1) is 0 Å². The van der Waals surface area contributed by atoms with E-state index in [1.807, 2.05) is 37.3 Å². The summed E-state index contributed by atoms with van der Waals surface area (Å²) in [5.41, 5.74) is 1.86. The van der Waals surface area contributed by atoms with Crippen molar-refractivity contribution in [2.75, 3.05) is 43.5 Å².